The van der Waals surface area contributed by atoms with E-state index in [9.17, 15) is 22.8 Å². The van der Waals surface area contributed by atoms with Gasteiger partial charge in [0, 0.05) is 32.7 Å². The number of rotatable bonds is 7. The highest BCUT2D eigenvalue weighted by atomic mass is 32.2. The van der Waals surface area contributed by atoms with Crippen LogP contribution >= 0.6 is 11.8 Å². The standard InChI is InChI=1S/C18H22F3N3O3S/c19-18(20,21)13-27-15-5-2-1-4-14(15)23-10-8-22(9-11-23)6-3-7-24-16(25)12-28-17(24)26/h1-2,4-5H,3,6-13H2. The van der Waals surface area contributed by atoms with Gasteiger partial charge in [0.2, 0.25) is 5.91 Å². The molecule has 1 aromatic rings. The van der Waals surface area contributed by atoms with Crippen LogP contribution in [0.4, 0.5) is 23.7 Å². The van der Waals surface area contributed by atoms with E-state index in [1.165, 1.54) is 4.90 Å². The van der Waals surface area contributed by atoms with Crippen molar-refractivity contribution >= 4 is 28.6 Å². The van der Waals surface area contributed by atoms with Crippen molar-refractivity contribution < 1.29 is 27.5 Å². The third-order valence-electron chi connectivity index (χ3n) is 4.67. The van der Waals surface area contributed by atoms with Crippen molar-refractivity contribution in [2.24, 2.45) is 0 Å². The molecule has 2 amide bonds. The first-order chi connectivity index (χ1) is 13.3. The van der Waals surface area contributed by atoms with E-state index in [1.807, 2.05) is 4.90 Å². The van der Waals surface area contributed by atoms with Crippen molar-refractivity contribution in [1.29, 1.82) is 0 Å². The van der Waals surface area contributed by atoms with E-state index in [0.717, 1.165) is 31.4 Å². The number of alkyl halides is 3. The summed E-state index contributed by atoms with van der Waals surface area (Å²) in [5.41, 5.74) is 0.664. The van der Waals surface area contributed by atoms with Gasteiger partial charge in [-0.25, -0.2) is 0 Å². The highest BCUT2D eigenvalue weighted by molar-refractivity contribution is 8.14. The average Bonchev–Trinajstić information content (AvgIpc) is 2.99. The molecule has 28 heavy (non-hydrogen) atoms. The molecule has 0 unspecified atom stereocenters. The number of amides is 2. The summed E-state index contributed by atoms with van der Waals surface area (Å²) in [6.45, 7) is 2.74. The molecule has 0 atom stereocenters. The smallest absolute Gasteiger partial charge is 0.422 e. The molecule has 6 nitrogen and oxygen atoms in total. The van der Waals surface area contributed by atoms with Gasteiger partial charge in [0.1, 0.15) is 5.75 Å². The minimum Gasteiger partial charge on any atom is -0.482 e. The molecule has 154 valence electrons. The molecule has 0 bridgehead atoms. The van der Waals surface area contributed by atoms with Gasteiger partial charge in [-0.05, 0) is 25.1 Å². The van der Waals surface area contributed by atoms with E-state index >= 15 is 0 Å². The number of imide groups is 1. The van der Waals surface area contributed by atoms with Crippen LogP contribution in [-0.4, -0.2) is 78.8 Å². The summed E-state index contributed by atoms with van der Waals surface area (Å²) in [5, 5.41) is -0.176. The zero-order chi connectivity index (χ0) is 20.1. The second kappa shape index (κ2) is 9.04. The topological polar surface area (TPSA) is 53.1 Å². The number of benzene rings is 1. The third kappa shape index (κ3) is 5.54. The molecule has 0 saturated carbocycles. The number of hydrogen-bond acceptors (Lipinski definition) is 6. The van der Waals surface area contributed by atoms with Crippen molar-refractivity contribution in [3.63, 3.8) is 0 Å². The Morgan fingerprint density at radius 1 is 1.04 bits per heavy atom. The highest BCUT2D eigenvalue weighted by Crippen LogP contribution is 2.30. The van der Waals surface area contributed by atoms with E-state index in [-0.39, 0.29) is 22.6 Å². The van der Waals surface area contributed by atoms with Gasteiger partial charge in [0.15, 0.2) is 6.61 Å². The molecule has 0 aliphatic carbocycles. The van der Waals surface area contributed by atoms with Crippen LogP contribution in [0.5, 0.6) is 5.75 Å². The Hall–Kier alpha value is -1.94. The lowest BCUT2D eigenvalue weighted by atomic mass is 10.2. The maximum Gasteiger partial charge on any atom is 0.422 e. The van der Waals surface area contributed by atoms with Gasteiger partial charge >= 0.3 is 6.18 Å². The van der Waals surface area contributed by atoms with Crippen LogP contribution in [0.25, 0.3) is 0 Å². The Morgan fingerprint density at radius 3 is 2.39 bits per heavy atom. The minimum atomic E-state index is -4.37. The molecule has 0 N–H and O–H groups in total. The van der Waals surface area contributed by atoms with Crippen LogP contribution in [0.3, 0.4) is 0 Å². The Balaban J connectivity index is 1.46. The summed E-state index contributed by atoms with van der Waals surface area (Å²) in [5.74, 6) is 0.333. The fraction of sp³-hybridized carbons (Fsp3) is 0.556. The molecule has 2 saturated heterocycles. The molecular formula is C18H22F3N3O3S. The lowest BCUT2D eigenvalue weighted by molar-refractivity contribution is -0.153. The average molecular weight is 417 g/mol. The van der Waals surface area contributed by atoms with E-state index in [1.54, 1.807) is 24.3 Å². The summed E-state index contributed by atoms with van der Waals surface area (Å²) in [6, 6.07) is 6.76. The molecule has 1 aromatic carbocycles. The van der Waals surface area contributed by atoms with E-state index in [4.69, 9.17) is 4.74 Å². The monoisotopic (exact) mass is 417 g/mol. The lowest BCUT2D eigenvalue weighted by Crippen LogP contribution is -2.47. The molecule has 0 aromatic heterocycles. The quantitative estimate of drug-likeness (QED) is 0.680. The van der Waals surface area contributed by atoms with Crippen LogP contribution < -0.4 is 9.64 Å². The zero-order valence-electron chi connectivity index (χ0n) is 15.3. The SMILES string of the molecule is O=C1CSC(=O)N1CCCN1CCN(c2ccccc2OCC(F)(F)F)CC1. The predicted molar refractivity (Wildman–Crippen MR) is 101 cm³/mol. The number of anilines is 1. The molecule has 2 fully saturated rings. The summed E-state index contributed by atoms with van der Waals surface area (Å²) in [4.78, 5) is 28.7. The number of para-hydroxylation sites is 2. The van der Waals surface area contributed by atoms with Crippen LogP contribution in [0, 0.1) is 0 Å². The first kappa shape index (κ1) is 20.8. The largest absolute Gasteiger partial charge is 0.482 e. The van der Waals surface area contributed by atoms with Crippen LogP contribution in [0.2, 0.25) is 0 Å². The number of piperazine rings is 1. The molecule has 2 heterocycles. The number of thioether (sulfide) groups is 1. The Kier molecular flexibility index (Phi) is 6.71. The summed E-state index contributed by atoms with van der Waals surface area (Å²) < 4.78 is 42.3. The van der Waals surface area contributed by atoms with Gasteiger partial charge in [-0.1, -0.05) is 23.9 Å². The van der Waals surface area contributed by atoms with E-state index < -0.39 is 12.8 Å². The fourth-order valence-corrected chi connectivity index (χ4v) is 4.01. The second-order valence-corrected chi connectivity index (χ2v) is 7.58. The molecule has 2 aliphatic heterocycles. The van der Waals surface area contributed by atoms with Crippen molar-refractivity contribution in [1.82, 2.24) is 9.80 Å². The predicted octanol–water partition coefficient (Wildman–Crippen LogP) is 2.84. The highest BCUT2D eigenvalue weighted by Gasteiger charge is 2.30. The maximum atomic E-state index is 12.5. The number of carbonyl (C=O) groups is 2. The van der Waals surface area contributed by atoms with Crippen LogP contribution in [0.1, 0.15) is 6.42 Å². The summed E-state index contributed by atoms with van der Waals surface area (Å²) in [6.07, 6.45) is -3.66. The number of nitrogens with zero attached hydrogens (tertiary/aromatic N) is 3. The van der Waals surface area contributed by atoms with Crippen molar-refractivity contribution in [3.05, 3.63) is 24.3 Å². The summed E-state index contributed by atoms with van der Waals surface area (Å²) >= 11 is 1.04. The van der Waals surface area contributed by atoms with Crippen molar-refractivity contribution in [2.45, 2.75) is 12.6 Å². The Morgan fingerprint density at radius 2 is 1.75 bits per heavy atom. The van der Waals surface area contributed by atoms with Gasteiger partial charge < -0.3 is 9.64 Å². The number of halogens is 3. The summed E-state index contributed by atoms with van der Waals surface area (Å²) in [7, 11) is 0. The fourth-order valence-electron chi connectivity index (χ4n) is 3.26. The first-order valence-corrected chi connectivity index (χ1v) is 10.0. The zero-order valence-corrected chi connectivity index (χ0v) is 16.1. The molecule has 10 heteroatoms. The molecule has 3 rings (SSSR count). The maximum absolute atomic E-state index is 12.5. The van der Waals surface area contributed by atoms with E-state index in [0.29, 0.717) is 31.7 Å². The molecule has 2 aliphatic rings. The molecule has 0 radical (unpaired) electrons. The Bertz CT molecular complexity index is 693. The van der Waals surface area contributed by atoms with Crippen LogP contribution in [0.15, 0.2) is 24.3 Å². The molecular weight excluding hydrogens is 395 g/mol. The minimum absolute atomic E-state index is 0.129. The lowest BCUT2D eigenvalue weighted by Gasteiger charge is -2.36. The normalized spacial score (nSPS) is 18.8. The molecule has 0 spiro atoms. The number of hydrogen-bond donors (Lipinski definition) is 0. The Labute approximate surface area is 165 Å². The van der Waals surface area contributed by atoms with Crippen molar-refractivity contribution in [3.8, 4) is 5.75 Å². The number of ether oxygens (including phenoxy) is 1. The van der Waals surface area contributed by atoms with Gasteiger partial charge in [0.05, 0.1) is 11.4 Å². The van der Waals surface area contributed by atoms with E-state index in [2.05, 4.69) is 4.90 Å². The first-order valence-electron chi connectivity index (χ1n) is 9.06. The van der Waals surface area contributed by atoms with Gasteiger partial charge in [-0.15, -0.1) is 0 Å². The number of carbonyl (C=O) groups excluding carboxylic acids is 2. The van der Waals surface area contributed by atoms with Gasteiger partial charge in [-0.3, -0.25) is 19.4 Å². The van der Waals surface area contributed by atoms with Gasteiger partial charge in [0.25, 0.3) is 5.24 Å². The van der Waals surface area contributed by atoms with Gasteiger partial charge in [-0.2, -0.15) is 13.2 Å². The van der Waals surface area contributed by atoms with Crippen molar-refractivity contribution in [2.75, 3.05) is 56.5 Å². The third-order valence-corrected chi connectivity index (χ3v) is 5.52. The second-order valence-electron chi connectivity index (χ2n) is 6.65. The van der Waals surface area contributed by atoms with Crippen LogP contribution in [-0.2, 0) is 4.79 Å².